The zero-order chi connectivity index (χ0) is 31.9. The summed E-state index contributed by atoms with van der Waals surface area (Å²) >= 11 is 13.0. The van der Waals surface area contributed by atoms with Crippen LogP contribution in [0, 0.1) is 5.82 Å². The fourth-order valence-corrected chi connectivity index (χ4v) is 7.26. The summed E-state index contributed by atoms with van der Waals surface area (Å²) in [7, 11) is -2.87. The molecule has 3 aromatic carbocycles. The van der Waals surface area contributed by atoms with Crippen molar-refractivity contribution in [2.24, 2.45) is 0 Å². The molecule has 8 nitrogen and oxygen atoms in total. The van der Waals surface area contributed by atoms with Crippen molar-refractivity contribution in [3.05, 3.63) is 88.2 Å². The number of carbonyl (C=O) groups excluding carboxylic acids is 2. The number of ether oxygens (including phenoxy) is 1. The van der Waals surface area contributed by atoms with Gasteiger partial charge in [0.25, 0.3) is 10.0 Å². The Morgan fingerprint density at radius 1 is 0.977 bits per heavy atom. The first-order chi connectivity index (χ1) is 21.0. The van der Waals surface area contributed by atoms with Crippen molar-refractivity contribution in [2.75, 3.05) is 18.0 Å². The molecule has 0 aliphatic heterocycles. The number of anilines is 1. The number of rotatable bonds is 12. The summed E-state index contributed by atoms with van der Waals surface area (Å²) in [6.07, 6.45) is 5.09. The number of amides is 2. The molecule has 0 radical (unpaired) electrons. The van der Waals surface area contributed by atoms with E-state index in [0.29, 0.717) is 21.4 Å². The Balaban J connectivity index is 1.73. The Labute approximate surface area is 268 Å². The topological polar surface area (TPSA) is 96.0 Å². The lowest BCUT2D eigenvalue weighted by Crippen LogP contribution is -2.54. The fourth-order valence-electron chi connectivity index (χ4n) is 5.33. The number of nitrogens with zero attached hydrogens (tertiary/aromatic N) is 2. The second-order valence-electron chi connectivity index (χ2n) is 10.7. The molecule has 0 heterocycles. The predicted molar refractivity (Wildman–Crippen MR) is 170 cm³/mol. The number of hydrogen-bond acceptors (Lipinski definition) is 5. The summed E-state index contributed by atoms with van der Waals surface area (Å²) in [5.74, 6) is -1.11. The van der Waals surface area contributed by atoms with E-state index in [1.807, 2.05) is 0 Å². The third-order valence-electron chi connectivity index (χ3n) is 7.77. The first-order valence-corrected chi connectivity index (χ1v) is 16.7. The van der Waals surface area contributed by atoms with E-state index >= 15 is 0 Å². The average Bonchev–Trinajstić information content (AvgIpc) is 3.02. The minimum absolute atomic E-state index is 0.00248. The fraction of sp³-hybridized carbons (Fsp3) is 0.375. The Kier molecular flexibility index (Phi) is 11.5. The number of nitrogens with one attached hydrogen (secondary N) is 1. The molecule has 1 atom stereocenters. The number of benzene rings is 3. The molecule has 236 valence electrons. The highest BCUT2D eigenvalue weighted by Gasteiger charge is 2.35. The van der Waals surface area contributed by atoms with E-state index in [-0.39, 0.29) is 35.5 Å². The number of carbonyl (C=O) groups is 2. The SMILES string of the molecule is CC[C@H](C(=O)NC1CCCCC1)N(Cc1c(Cl)cccc1Cl)C(=O)CN(c1ccc(F)cc1)S(=O)(=O)c1ccc(OC)cc1. The largest absolute Gasteiger partial charge is 0.497 e. The monoisotopic (exact) mass is 663 g/mol. The lowest BCUT2D eigenvalue weighted by molar-refractivity contribution is -0.140. The van der Waals surface area contributed by atoms with Crippen LogP contribution in [-0.4, -0.2) is 50.9 Å². The van der Waals surface area contributed by atoms with Gasteiger partial charge in [0.05, 0.1) is 17.7 Å². The predicted octanol–water partition coefficient (Wildman–Crippen LogP) is 6.59. The minimum atomic E-state index is -4.33. The van der Waals surface area contributed by atoms with Crippen molar-refractivity contribution in [1.29, 1.82) is 0 Å². The van der Waals surface area contributed by atoms with Crippen LogP contribution in [0.15, 0.2) is 71.6 Å². The molecule has 0 saturated heterocycles. The van der Waals surface area contributed by atoms with Crippen molar-refractivity contribution < 1.29 is 27.1 Å². The van der Waals surface area contributed by atoms with Crippen LogP contribution >= 0.6 is 23.2 Å². The van der Waals surface area contributed by atoms with Gasteiger partial charge in [-0.25, -0.2) is 12.8 Å². The zero-order valence-electron chi connectivity index (χ0n) is 24.6. The Hall–Kier alpha value is -3.34. The Bertz CT molecular complexity index is 1530. The molecular formula is C32H36Cl2FN3O5S. The zero-order valence-corrected chi connectivity index (χ0v) is 27.0. The van der Waals surface area contributed by atoms with Crippen LogP contribution in [0.3, 0.4) is 0 Å². The number of halogens is 3. The highest BCUT2D eigenvalue weighted by Crippen LogP contribution is 2.29. The highest BCUT2D eigenvalue weighted by atomic mass is 35.5. The first kappa shape index (κ1) is 33.6. The molecule has 4 rings (SSSR count). The van der Waals surface area contributed by atoms with Gasteiger partial charge in [-0.3, -0.25) is 13.9 Å². The minimum Gasteiger partial charge on any atom is -0.497 e. The van der Waals surface area contributed by atoms with Gasteiger partial charge in [-0.05, 0) is 79.9 Å². The van der Waals surface area contributed by atoms with Gasteiger partial charge >= 0.3 is 0 Å². The molecular weight excluding hydrogens is 628 g/mol. The van der Waals surface area contributed by atoms with Crippen LogP contribution < -0.4 is 14.4 Å². The summed E-state index contributed by atoms with van der Waals surface area (Å²) in [5, 5.41) is 3.70. The van der Waals surface area contributed by atoms with Crippen LogP contribution in [-0.2, 0) is 26.2 Å². The highest BCUT2D eigenvalue weighted by molar-refractivity contribution is 7.92. The van der Waals surface area contributed by atoms with Crippen molar-refractivity contribution >= 4 is 50.7 Å². The number of methoxy groups -OCH3 is 1. The third-order valence-corrected chi connectivity index (χ3v) is 10.3. The van der Waals surface area contributed by atoms with E-state index in [1.165, 1.54) is 48.4 Å². The average molecular weight is 665 g/mol. The van der Waals surface area contributed by atoms with Crippen molar-refractivity contribution in [3.63, 3.8) is 0 Å². The summed E-state index contributed by atoms with van der Waals surface area (Å²) < 4.78 is 47.9. The van der Waals surface area contributed by atoms with E-state index in [9.17, 15) is 22.4 Å². The molecule has 0 aromatic heterocycles. The van der Waals surface area contributed by atoms with Gasteiger partial charge < -0.3 is 15.0 Å². The Morgan fingerprint density at radius 3 is 2.16 bits per heavy atom. The van der Waals surface area contributed by atoms with Gasteiger partial charge in [-0.15, -0.1) is 0 Å². The molecule has 1 saturated carbocycles. The van der Waals surface area contributed by atoms with Gasteiger partial charge in [0.15, 0.2) is 0 Å². The maximum atomic E-state index is 14.3. The molecule has 44 heavy (non-hydrogen) atoms. The van der Waals surface area contributed by atoms with Crippen LogP contribution in [0.25, 0.3) is 0 Å². The smallest absolute Gasteiger partial charge is 0.264 e. The molecule has 1 fully saturated rings. The standard InChI is InChI=1S/C32H36Cl2FN3O5S/c1-3-30(32(40)36-23-8-5-4-6-9-23)37(20-27-28(33)10-7-11-29(27)34)31(39)21-38(24-14-12-22(35)13-15-24)44(41,42)26-18-16-25(43-2)17-19-26/h7,10-19,23,30H,3-6,8-9,20-21H2,1-2H3,(H,36,40)/t30-/m1/s1. The van der Waals surface area contributed by atoms with E-state index in [4.69, 9.17) is 27.9 Å². The maximum absolute atomic E-state index is 14.3. The number of sulfonamides is 1. The van der Waals surface area contributed by atoms with Crippen molar-refractivity contribution in [3.8, 4) is 5.75 Å². The van der Waals surface area contributed by atoms with Gasteiger partial charge in [-0.1, -0.05) is 55.5 Å². The second-order valence-corrected chi connectivity index (χ2v) is 13.3. The molecule has 0 bridgehead atoms. The Morgan fingerprint density at radius 2 is 1.59 bits per heavy atom. The van der Waals surface area contributed by atoms with E-state index in [2.05, 4.69) is 5.32 Å². The molecule has 1 aliphatic carbocycles. The van der Waals surface area contributed by atoms with E-state index in [0.717, 1.165) is 48.5 Å². The second kappa shape index (κ2) is 15.1. The first-order valence-electron chi connectivity index (χ1n) is 14.5. The lowest BCUT2D eigenvalue weighted by Gasteiger charge is -2.34. The van der Waals surface area contributed by atoms with Crippen LogP contribution in [0.4, 0.5) is 10.1 Å². The third kappa shape index (κ3) is 8.02. The van der Waals surface area contributed by atoms with Gasteiger partial charge in [-0.2, -0.15) is 0 Å². The van der Waals surface area contributed by atoms with E-state index in [1.54, 1.807) is 25.1 Å². The van der Waals surface area contributed by atoms with Crippen LogP contribution in [0.5, 0.6) is 5.75 Å². The summed E-state index contributed by atoms with van der Waals surface area (Å²) in [4.78, 5) is 29.1. The maximum Gasteiger partial charge on any atom is 0.264 e. The molecule has 12 heteroatoms. The summed E-state index contributed by atoms with van der Waals surface area (Å²) in [6.45, 7) is 0.981. The number of hydrogen-bond donors (Lipinski definition) is 1. The van der Waals surface area contributed by atoms with Crippen LogP contribution in [0.2, 0.25) is 10.0 Å². The lowest BCUT2D eigenvalue weighted by atomic mass is 9.95. The summed E-state index contributed by atoms with van der Waals surface area (Å²) in [6, 6.07) is 14.5. The van der Waals surface area contributed by atoms with Crippen molar-refractivity contribution in [2.45, 2.75) is 69.0 Å². The van der Waals surface area contributed by atoms with Gasteiger partial charge in [0, 0.05) is 28.2 Å². The molecule has 0 unspecified atom stereocenters. The van der Waals surface area contributed by atoms with E-state index < -0.39 is 34.3 Å². The molecule has 3 aromatic rings. The normalized spacial score (nSPS) is 14.5. The summed E-state index contributed by atoms with van der Waals surface area (Å²) in [5.41, 5.74) is 0.505. The van der Waals surface area contributed by atoms with Crippen LogP contribution in [0.1, 0.15) is 51.0 Å². The van der Waals surface area contributed by atoms with Gasteiger partial charge in [0.1, 0.15) is 24.2 Å². The molecule has 0 spiro atoms. The van der Waals surface area contributed by atoms with Crippen molar-refractivity contribution in [1.82, 2.24) is 10.2 Å². The molecule has 1 aliphatic rings. The molecule has 2 amide bonds. The molecule has 1 N–H and O–H groups in total. The van der Waals surface area contributed by atoms with Gasteiger partial charge in [0.2, 0.25) is 11.8 Å². The quantitative estimate of drug-likeness (QED) is 0.236.